The Balaban J connectivity index is 1.82. The highest BCUT2D eigenvalue weighted by molar-refractivity contribution is 5.54. The molecule has 19 heavy (non-hydrogen) atoms. The van der Waals surface area contributed by atoms with Crippen LogP contribution in [0.25, 0.3) is 0 Å². The number of hydrogen-bond donors (Lipinski definition) is 1. The van der Waals surface area contributed by atoms with E-state index in [2.05, 4.69) is 41.4 Å². The Morgan fingerprint density at radius 3 is 2.89 bits per heavy atom. The fraction of sp³-hybridized carbons (Fsp3) is 0.625. The maximum Gasteiger partial charge on any atom is 0.0718 e. The second-order valence-corrected chi connectivity index (χ2v) is 5.90. The SMILES string of the molecule is COC(C)CN1CC(C2CC2)NCc2ccccc21. The smallest absolute Gasteiger partial charge is 0.0718 e. The largest absolute Gasteiger partial charge is 0.380 e. The molecule has 1 aromatic carbocycles. The van der Waals surface area contributed by atoms with E-state index in [0.29, 0.717) is 6.04 Å². The third-order valence-corrected chi connectivity index (χ3v) is 4.37. The van der Waals surface area contributed by atoms with Crippen LogP contribution in [0.5, 0.6) is 0 Å². The lowest BCUT2D eigenvalue weighted by molar-refractivity contribution is 0.122. The van der Waals surface area contributed by atoms with Crippen LogP contribution in [0.15, 0.2) is 24.3 Å². The fourth-order valence-electron chi connectivity index (χ4n) is 2.98. The van der Waals surface area contributed by atoms with Crippen molar-refractivity contribution in [3.05, 3.63) is 29.8 Å². The second kappa shape index (κ2) is 5.51. The van der Waals surface area contributed by atoms with Gasteiger partial charge in [0.05, 0.1) is 6.10 Å². The van der Waals surface area contributed by atoms with Gasteiger partial charge < -0.3 is 15.0 Å². The van der Waals surface area contributed by atoms with Gasteiger partial charge in [0.15, 0.2) is 0 Å². The van der Waals surface area contributed by atoms with E-state index in [1.54, 1.807) is 7.11 Å². The highest BCUT2D eigenvalue weighted by Gasteiger charge is 2.34. The van der Waals surface area contributed by atoms with Crippen LogP contribution in [0.1, 0.15) is 25.3 Å². The number of ether oxygens (including phenoxy) is 1. The number of fused-ring (bicyclic) bond motifs is 1. The summed E-state index contributed by atoms with van der Waals surface area (Å²) in [4.78, 5) is 2.51. The van der Waals surface area contributed by atoms with E-state index >= 15 is 0 Å². The molecule has 1 fully saturated rings. The predicted octanol–water partition coefficient (Wildman–Crippen LogP) is 2.41. The minimum absolute atomic E-state index is 0.269. The summed E-state index contributed by atoms with van der Waals surface area (Å²) >= 11 is 0. The van der Waals surface area contributed by atoms with Crippen LogP contribution in [0.4, 0.5) is 5.69 Å². The Hall–Kier alpha value is -1.06. The van der Waals surface area contributed by atoms with E-state index in [-0.39, 0.29) is 6.10 Å². The van der Waals surface area contributed by atoms with Crippen LogP contribution in [0.2, 0.25) is 0 Å². The zero-order valence-electron chi connectivity index (χ0n) is 11.9. The quantitative estimate of drug-likeness (QED) is 0.899. The van der Waals surface area contributed by atoms with Crippen molar-refractivity contribution in [2.45, 2.75) is 38.5 Å². The number of nitrogens with zero attached hydrogens (tertiary/aromatic N) is 1. The minimum atomic E-state index is 0.269. The van der Waals surface area contributed by atoms with Gasteiger partial charge >= 0.3 is 0 Å². The third kappa shape index (κ3) is 2.93. The first-order chi connectivity index (χ1) is 9.28. The molecule has 3 rings (SSSR count). The normalized spacial score (nSPS) is 24.7. The average Bonchev–Trinajstić information content (AvgIpc) is 3.26. The molecule has 1 aromatic rings. The summed E-state index contributed by atoms with van der Waals surface area (Å²) in [6, 6.07) is 9.39. The fourth-order valence-corrected chi connectivity index (χ4v) is 2.98. The van der Waals surface area contributed by atoms with Gasteiger partial charge in [-0.3, -0.25) is 0 Å². The zero-order valence-corrected chi connectivity index (χ0v) is 11.9. The highest BCUT2D eigenvalue weighted by atomic mass is 16.5. The first-order valence-corrected chi connectivity index (χ1v) is 7.37. The molecular weight excluding hydrogens is 236 g/mol. The van der Waals surface area contributed by atoms with Crippen LogP contribution in [0, 0.1) is 5.92 Å². The molecule has 2 aliphatic rings. The van der Waals surface area contributed by atoms with Gasteiger partial charge in [-0.1, -0.05) is 18.2 Å². The van der Waals surface area contributed by atoms with Gasteiger partial charge in [0.25, 0.3) is 0 Å². The molecule has 0 saturated heterocycles. The van der Waals surface area contributed by atoms with E-state index in [4.69, 9.17) is 4.74 Å². The third-order valence-electron chi connectivity index (χ3n) is 4.37. The van der Waals surface area contributed by atoms with Gasteiger partial charge in [0.2, 0.25) is 0 Å². The van der Waals surface area contributed by atoms with E-state index in [0.717, 1.165) is 25.6 Å². The first kappa shape index (κ1) is 12.9. The molecule has 1 saturated carbocycles. The number of benzene rings is 1. The molecular formula is C16H24N2O. The minimum Gasteiger partial charge on any atom is -0.380 e. The van der Waals surface area contributed by atoms with Crippen LogP contribution < -0.4 is 10.2 Å². The second-order valence-electron chi connectivity index (χ2n) is 5.90. The van der Waals surface area contributed by atoms with Crippen molar-refractivity contribution < 1.29 is 4.74 Å². The van der Waals surface area contributed by atoms with Gasteiger partial charge in [0.1, 0.15) is 0 Å². The Kier molecular flexibility index (Phi) is 3.76. The Bertz CT molecular complexity index is 431. The molecule has 2 unspecified atom stereocenters. The molecule has 3 nitrogen and oxygen atoms in total. The molecule has 1 heterocycles. The average molecular weight is 260 g/mol. The number of nitrogens with one attached hydrogen (secondary N) is 1. The monoisotopic (exact) mass is 260 g/mol. The van der Waals surface area contributed by atoms with Gasteiger partial charge in [-0.25, -0.2) is 0 Å². The van der Waals surface area contributed by atoms with Crippen molar-refractivity contribution in [3.63, 3.8) is 0 Å². The summed E-state index contributed by atoms with van der Waals surface area (Å²) in [6.45, 7) is 5.22. The van der Waals surface area contributed by atoms with Crippen LogP contribution in [-0.2, 0) is 11.3 Å². The number of rotatable bonds is 4. The van der Waals surface area contributed by atoms with E-state index in [1.807, 2.05) is 0 Å². The number of methoxy groups -OCH3 is 1. The van der Waals surface area contributed by atoms with Crippen LogP contribution in [0.3, 0.4) is 0 Å². The van der Waals surface area contributed by atoms with Crippen LogP contribution in [-0.4, -0.2) is 32.3 Å². The Labute approximate surface area is 115 Å². The maximum absolute atomic E-state index is 5.46. The van der Waals surface area contributed by atoms with Crippen molar-refractivity contribution >= 4 is 5.69 Å². The summed E-state index contributed by atoms with van der Waals surface area (Å²) in [5.41, 5.74) is 2.79. The molecule has 3 heteroatoms. The number of anilines is 1. The van der Waals surface area contributed by atoms with E-state index in [9.17, 15) is 0 Å². The summed E-state index contributed by atoms with van der Waals surface area (Å²) < 4.78 is 5.46. The lowest BCUT2D eigenvalue weighted by Gasteiger charge is -2.29. The molecule has 0 bridgehead atoms. The number of hydrogen-bond acceptors (Lipinski definition) is 3. The van der Waals surface area contributed by atoms with Crippen molar-refractivity contribution in [3.8, 4) is 0 Å². The van der Waals surface area contributed by atoms with E-state index in [1.165, 1.54) is 24.1 Å². The summed E-state index contributed by atoms with van der Waals surface area (Å²) in [5, 5.41) is 3.74. The predicted molar refractivity (Wildman–Crippen MR) is 78.5 cm³/mol. The Morgan fingerprint density at radius 1 is 1.37 bits per heavy atom. The molecule has 1 N–H and O–H groups in total. The lowest BCUT2D eigenvalue weighted by Crippen LogP contribution is -2.42. The van der Waals surface area contributed by atoms with Crippen molar-refractivity contribution in [2.75, 3.05) is 25.1 Å². The van der Waals surface area contributed by atoms with Gasteiger partial charge in [-0.15, -0.1) is 0 Å². The highest BCUT2D eigenvalue weighted by Crippen LogP contribution is 2.35. The zero-order chi connectivity index (χ0) is 13.2. The molecule has 0 spiro atoms. The van der Waals surface area contributed by atoms with Crippen molar-refractivity contribution in [1.82, 2.24) is 5.32 Å². The Morgan fingerprint density at radius 2 is 2.16 bits per heavy atom. The first-order valence-electron chi connectivity index (χ1n) is 7.37. The summed E-state index contributed by atoms with van der Waals surface area (Å²) in [5.74, 6) is 0.884. The molecule has 104 valence electrons. The number of para-hydroxylation sites is 1. The molecule has 0 amide bonds. The van der Waals surface area contributed by atoms with Gasteiger partial charge in [-0.05, 0) is 37.3 Å². The van der Waals surface area contributed by atoms with E-state index < -0.39 is 0 Å². The van der Waals surface area contributed by atoms with Crippen LogP contribution >= 0.6 is 0 Å². The molecule has 0 aromatic heterocycles. The maximum atomic E-state index is 5.46. The topological polar surface area (TPSA) is 24.5 Å². The molecule has 1 aliphatic heterocycles. The van der Waals surface area contributed by atoms with Gasteiger partial charge in [0, 0.05) is 38.5 Å². The standard InChI is InChI=1S/C16H24N2O/c1-12(19-2)10-18-11-15(13-7-8-13)17-9-14-5-3-4-6-16(14)18/h3-6,12-13,15,17H,7-11H2,1-2H3. The summed E-state index contributed by atoms with van der Waals surface area (Å²) in [7, 11) is 1.80. The van der Waals surface area contributed by atoms with Gasteiger partial charge in [-0.2, -0.15) is 0 Å². The van der Waals surface area contributed by atoms with Crippen molar-refractivity contribution in [2.24, 2.45) is 5.92 Å². The summed E-state index contributed by atoms with van der Waals surface area (Å²) in [6.07, 6.45) is 3.05. The van der Waals surface area contributed by atoms with Crippen molar-refractivity contribution in [1.29, 1.82) is 0 Å². The molecule has 1 aliphatic carbocycles. The lowest BCUT2D eigenvalue weighted by atomic mass is 10.1. The molecule has 2 atom stereocenters. The molecule has 0 radical (unpaired) electrons.